The maximum atomic E-state index is 12.6. The number of hydrogen-bond acceptors (Lipinski definition) is 6. The van der Waals surface area contributed by atoms with Crippen LogP contribution in [0.1, 0.15) is 43.9 Å². The molecule has 9 heteroatoms. The van der Waals surface area contributed by atoms with Crippen molar-refractivity contribution in [3.63, 3.8) is 0 Å². The van der Waals surface area contributed by atoms with Crippen LogP contribution >= 0.6 is 0 Å². The molecule has 1 aliphatic rings. The van der Waals surface area contributed by atoms with Gasteiger partial charge in [0, 0.05) is 30.7 Å². The largest absolute Gasteiger partial charge is 0.494 e. The van der Waals surface area contributed by atoms with Crippen molar-refractivity contribution in [2.45, 2.75) is 12.8 Å². The standard InChI is InChI=1S/C27H25N3O6/c1-35-22-16-21(29-25(32)17-9-4-3-5-10-17)23(36-2)15-20(22)28-24(31)13-8-14-30-26(33)18-11-6-7-12-19(18)27(30)34/h3-7,9-12,15-16H,8,13-14H2,1-2H3,(H,28,31)(H,29,32). The highest BCUT2D eigenvalue weighted by Gasteiger charge is 2.34. The van der Waals surface area contributed by atoms with Crippen LogP contribution < -0.4 is 20.1 Å². The van der Waals surface area contributed by atoms with Gasteiger partial charge in [0.2, 0.25) is 5.91 Å². The highest BCUT2D eigenvalue weighted by Crippen LogP contribution is 2.37. The number of carbonyl (C=O) groups excluding carboxylic acids is 4. The van der Waals surface area contributed by atoms with E-state index in [9.17, 15) is 19.2 Å². The van der Waals surface area contributed by atoms with Crippen LogP contribution in [0.5, 0.6) is 11.5 Å². The van der Waals surface area contributed by atoms with E-state index in [-0.39, 0.29) is 36.6 Å². The van der Waals surface area contributed by atoms with E-state index in [1.807, 2.05) is 6.07 Å². The molecule has 1 heterocycles. The maximum Gasteiger partial charge on any atom is 0.261 e. The Morgan fingerprint density at radius 1 is 0.778 bits per heavy atom. The number of ether oxygens (including phenoxy) is 2. The molecule has 9 nitrogen and oxygen atoms in total. The number of imide groups is 1. The highest BCUT2D eigenvalue weighted by molar-refractivity contribution is 6.21. The minimum Gasteiger partial charge on any atom is -0.494 e. The summed E-state index contributed by atoms with van der Waals surface area (Å²) in [6, 6.07) is 18.5. The summed E-state index contributed by atoms with van der Waals surface area (Å²) in [5.41, 5.74) is 1.98. The van der Waals surface area contributed by atoms with Crippen LogP contribution in [0.2, 0.25) is 0 Å². The molecule has 4 rings (SSSR count). The number of hydrogen-bond donors (Lipinski definition) is 2. The van der Waals surface area contributed by atoms with Gasteiger partial charge in [0.25, 0.3) is 17.7 Å². The molecule has 0 radical (unpaired) electrons. The minimum atomic E-state index is -0.351. The molecule has 0 saturated heterocycles. The lowest BCUT2D eigenvalue weighted by Gasteiger charge is -2.17. The minimum absolute atomic E-state index is 0.0748. The zero-order valence-corrected chi connectivity index (χ0v) is 19.9. The Morgan fingerprint density at radius 3 is 1.86 bits per heavy atom. The van der Waals surface area contributed by atoms with Crippen molar-refractivity contribution < 1.29 is 28.7 Å². The molecular weight excluding hydrogens is 462 g/mol. The van der Waals surface area contributed by atoms with Gasteiger partial charge in [-0.1, -0.05) is 30.3 Å². The molecule has 184 valence electrons. The van der Waals surface area contributed by atoms with Gasteiger partial charge in [0.15, 0.2) is 0 Å². The quantitative estimate of drug-likeness (QED) is 0.442. The van der Waals surface area contributed by atoms with Crippen LogP contribution in [-0.2, 0) is 4.79 Å². The van der Waals surface area contributed by atoms with Gasteiger partial charge >= 0.3 is 0 Å². The number of amides is 4. The van der Waals surface area contributed by atoms with Crippen LogP contribution in [0.25, 0.3) is 0 Å². The van der Waals surface area contributed by atoms with Crippen molar-refractivity contribution in [1.82, 2.24) is 4.90 Å². The van der Waals surface area contributed by atoms with Crippen LogP contribution in [-0.4, -0.2) is 49.3 Å². The van der Waals surface area contributed by atoms with E-state index in [1.165, 1.54) is 14.2 Å². The Bertz CT molecular complexity index is 1290. The van der Waals surface area contributed by atoms with Crippen molar-refractivity contribution in [1.29, 1.82) is 0 Å². The Kier molecular flexibility index (Phi) is 7.29. The molecule has 0 aromatic heterocycles. The molecule has 0 saturated carbocycles. The van der Waals surface area contributed by atoms with E-state index in [1.54, 1.807) is 60.7 Å². The molecule has 0 atom stereocenters. The van der Waals surface area contributed by atoms with Crippen molar-refractivity contribution in [3.05, 3.63) is 83.4 Å². The van der Waals surface area contributed by atoms with Crippen molar-refractivity contribution in [2.24, 2.45) is 0 Å². The van der Waals surface area contributed by atoms with E-state index in [2.05, 4.69) is 10.6 Å². The number of carbonyl (C=O) groups is 4. The fourth-order valence-electron chi connectivity index (χ4n) is 3.93. The second kappa shape index (κ2) is 10.7. The van der Waals surface area contributed by atoms with Gasteiger partial charge in [0.05, 0.1) is 36.7 Å². The predicted octanol–water partition coefficient (Wildman–Crippen LogP) is 3.97. The maximum absolute atomic E-state index is 12.6. The summed E-state index contributed by atoms with van der Waals surface area (Å²) in [5.74, 6) is -0.686. The van der Waals surface area contributed by atoms with Gasteiger partial charge in [-0.2, -0.15) is 0 Å². The highest BCUT2D eigenvalue weighted by atomic mass is 16.5. The number of nitrogens with zero attached hydrogens (tertiary/aromatic N) is 1. The number of methoxy groups -OCH3 is 2. The van der Waals surface area contributed by atoms with E-state index >= 15 is 0 Å². The second-order valence-electron chi connectivity index (χ2n) is 8.03. The lowest BCUT2D eigenvalue weighted by Crippen LogP contribution is -2.31. The number of fused-ring (bicyclic) bond motifs is 1. The Labute approximate surface area is 208 Å². The fraction of sp³-hybridized carbons (Fsp3) is 0.185. The number of anilines is 2. The molecule has 1 aliphatic heterocycles. The van der Waals surface area contributed by atoms with Crippen LogP contribution in [0.4, 0.5) is 11.4 Å². The summed E-state index contributed by atoms with van der Waals surface area (Å²) in [7, 11) is 2.90. The van der Waals surface area contributed by atoms with Crippen molar-refractivity contribution >= 4 is 35.0 Å². The first kappa shape index (κ1) is 24.5. The zero-order chi connectivity index (χ0) is 25.7. The van der Waals surface area contributed by atoms with E-state index in [4.69, 9.17) is 9.47 Å². The van der Waals surface area contributed by atoms with Crippen LogP contribution in [0.15, 0.2) is 66.7 Å². The Balaban J connectivity index is 1.39. The van der Waals surface area contributed by atoms with Gasteiger partial charge in [-0.15, -0.1) is 0 Å². The normalized spacial score (nSPS) is 12.2. The van der Waals surface area contributed by atoms with Gasteiger partial charge in [-0.25, -0.2) is 0 Å². The summed E-state index contributed by atoms with van der Waals surface area (Å²) in [5, 5.41) is 5.56. The van der Waals surface area contributed by atoms with Crippen molar-refractivity contribution in [2.75, 3.05) is 31.4 Å². The molecular formula is C27H25N3O6. The van der Waals surface area contributed by atoms with Crippen LogP contribution in [0, 0.1) is 0 Å². The zero-order valence-electron chi connectivity index (χ0n) is 19.9. The average molecular weight is 488 g/mol. The van der Waals surface area contributed by atoms with Crippen LogP contribution in [0.3, 0.4) is 0 Å². The number of nitrogens with one attached hydrogen (secondary N) is 2. The van der Waals surface area contributed by atoms with E-state index in [0.717, 1.165) is 4.90 Å². The van der Waals surface area contributed by atoms with Gasteiger partial charge in [-0.3, -0.25) is 24.1 Å². The molecule has 0 aliphatic carbocycles. The molecule has 4 amide bonds. The lowest BCUT2D eigenvalue weighted by molar-refractivity contribution is -0.116. The third-order valence-electron chi connectivity index (χ3n) is 5.74. The summed E-state index contributed by atoms with van der Waals surface area (Å²) < 4.78 is 10.8. The van der Waals surface area contributed by atoms with E-state index in [0.29, 0.717) is 46.0 Å². The summed E-state index contributed by atoms with van der Waals surface area (Å²) in [4.78, 5) is 51.3. The lowest BCUT2D eigenvalue weighted by atomic mass is 10.1. The smallest absolute Gasteiger partial charge is 0.261 e. The summed E-state index contributed by atoms with van der Waals surface area (Å²) in [6.45, 7) is 0.130. The van der Waals surface area contributed by atoms with Gasteiger partial charge < -0.3 is 20.1 Å². The molecule has 0 unspecified atom stereocenters. The first-order chi connectivity index (χ1) is 17.4. The Morgan fingerprint density at radius 2 is 1.31 bits per heavy atom. The van der Waals surface area contributed by atoms with Gasteiger partial charge in [-0.05, 0) is 30.7 Å². The average Bonchev–Trinajstić information content (AvgIpc) is 3.14. The molecule has 0 fully saturated rings. The molecule has 0 bridgehead atoms. The number of rotatable bonds is 9. The first-order valence-corrected chi connectivity index (χ1v) is 11.3. The monoisotopic (exact) mass is 487 g/mol. The topological polar surface area (TPSA) is 114 Å². The molecule has 2 N–H and O–H groups in total. The SMILES string of the molecule is COc1cc(NC(=O)c2ccccc2)c(OC)cc1NC(=O)CCCN1C(=O)c2ccccc2C1=O. The van der Waals surface area contributed by atoms with E-state index < -0.39 is 0 Å². The molecule has 3 aromatic rings. The second-order valence-corrected chi connectivity index (χ2v) is 8.03. The van der Waals surface area contributed by atoms with Crippen molar-refractivity contribution in [3.8, 4) is 11.5 Å². The summed E-state index contributed by atoms with van der Waals surface area (Å²) >= 11 is 0. The molecule has 0 spiro atoms. The molecule has 3 aromatic carbocycles. The fourth-order valence-corrected chi connectivity index (χ4v) is 3.93. The predicted molar refractivity (Wildman–Crippen MR) is 134 cm³/mol. The first-order valence-electron chi connectivity index (χ1n) is 11.3. The molecule has 36 heavy (non-hydrogen) atoms. The number of benzene rings is 3. The third kappa shape index (κ3) is 5.05. The Hall–Kier alpha value is -4.66. The van der Waals surface area contributed by atoms with Gasteiger partial charge in [0.1, 0.15) is 11.5 Å². The third-order valence-corrected chi connectivity index (χ3v) is 5.74. The summed E-state index contributed by atoms with van der Waals surface area (Å²) in [6.07, 6.45) is 0.368.